The van der Waals surface area contributed by atoms with Gasteiger partial charge in [0.15, 0.2) is 5.82 Å². The molecule has 0 saturated heterocycles. The fourth-order valence-corrected chi connectivity index (χ4v) is 3.76. The number of halogens is 3. The number of ether oxygens (including phenoxy) is 2. The van der Waals surface area contributed by atoms with E-state index in [0.717, 1.165) is 12.1 Å². The summed E-state index contributed by atoms with van der Waals surface area (Å²) in [7, 11) is 0. The van der Waals surface area contributed by atoms with Crippen molar-refractivity contribution in [2.75, 3.05) is 11.9 Å². The van der Waals surface area contributed by atoms with E-state index >= 15 is 0 Å². The lowest BCUT2D eigenvalue weighted by Crippen LogP contribution is -2.46. The highest BCUT2D eigenvalue weighted by Crippen LogP contribution is 2.36. The first-order chi connectivity index (χ1) is 14.4. The van der Waals surface area contributed by atoms with Crippen LogP contribution in [0, 0.1) is 0 Å². The lowest BCUT2D eigenvalue weighted by Gasteiger charge is -2.22. The number of aromatic amines is 1. The summed E-state index contributed by atoms with van der Waals surface area (Å²) in [5.41, 5.74) is 1.58. The molecule has 4 rings (SSSR count). The van der Waals surface area contributed by atoms with Crippen molar-refractivity contribution < 1.29 is 27.4 Å². The van der Waals surface area contributed by atoms with Crippen LogP contribution in [-0.4, -0.2) is 46.2 Å². The maximum absolute atomic E-state index is 13.3. The second kappa shape index (κ2) is 8.41. The van der Waals surface area contributed by atoms with Crippen molar-refractivity contribution in [1.29, 1.82) is 0 Å². The highest BCUT2D eigenvalue weighted by Gasteiger charge is 2.41. The van der Waals surface area contributed by atoms with Gasteiger partial charge in [-0.25, -0.2) is 9.78 Å². The van der Waals surface area contributed by atoms with Crippen LogP contribution < -0.4 is 15.4 Å². The van der Waals surface area contributed by atoms with E-state index in [2.05, 4.69) is 20.5 Å². The summed E-state index contributed by atoms with van der Waals surface area (Å²) in [6, 6.07) is 3.27. The molecule has 2 aromatic rings. The number of rotatable bonds is 0. The van der Waals surface area contributed by atoms with Crippen LogP contribution in [-0.2, 0) is 4.74 Å². The molecule has 2 aromatic heterocycles. The van der Waals surface area contributed by atoms with Crippen LogP contribution in [0.4, 0.5) is 29.5 Å². The minimum atomic E-state index is -4.58. The van der Waals surface area contributed by atoms with Gasteiger partial charge >= 0.3 is 12.3 Å². The molecule has 0 radical (unpaired) electrons. The molecule has 6 bridgehead atoms. The van der Waals surface area contributed by atoms with E-state index in [0.29, 0.717) is 24.3 Å². The van der Waals surface area contributed by atoms with Crippen molar-refractivity contribution in [3.8, 4) is 5.88 Å². The maximum Gasteiger partial charge on any atom is 0.408 e. The summed E-state index contributed by atoms with van der Waals surface area (Å²) in [6.07, 6.45) is -2.91. The number of H-pyrrole nitrogens is 1. The Morgan fingerprint density at radius 2 is 2.03 bits per heavy atom. The number of nitrogens with zero attached hydrogens (tertiary/aromatic N) is 2. The van der Waals surface area contributed by atoms with Gasteiger partial charge in [0.25, 0.3) is 0 Å². The van der Waals surface area contributed by atoms with Crippen LogP contribution in [0.3, 0.4) is 0 Å². The number of nitrogens with one attached hydrogen (secondary N) is 3. The van der Waals surface area contributed by atoms with E-state index in [1.165, 1.54) is 0 Å². The molecule has 8 nitrogen and oxygen atoms in total. The molecule has 30 heavy (non-hydrogen) atoms. The third-order valence-corrected chi connectivity index (χ3v) is 5.28. The lowest BCUT2D eigenvalue weighted by molar-refractivity contribution is -0.156. The van der Waals surface area contributed by atoms with Crippen LogP contribution in [0.5, 0.6) is 5.88 Å². The SMILES string of the molecule is O=C1N[C@H](C(F)(F)F)CCCOc2cc(ccn2)Nc2cc([nH]n2)C2CC[C@H](C2)O1. The number of anilines is 2. The second-order valence-corrected chi connectivity index (χ2v) is 7.48. The molecule has 162 valence electrons. The van der Waals surface area contributed by atoms with Crippen LogP contribution in [0.2, 0.25) is 0 Å². The van der Waals surface area contributed by atoms with Gasteiger partial charge in [-0.15, -0.1) is 0 Å². The number of fused-ring (bicyclic) bond motifs is 7. The highest BCUT2D eigenvalue weighted by atomic mass is 19.4. The van der Waals surface area contributed by atoms with Crippen molar-refractivity contribution in [1.82, 2.24) is 20.5 Å². The van der Waals surface area contributed by atoms with Gasteiger partial charge < -0.3 is 20.1 Å². The fourth-order valence-electron chi connectivity index (χ4n) is 3.76. The Morgan fingerprint density at radius 1 is 1.17 bits per heavy atom. The average molecular weight is 425 g/mol. The predicted molar refractivity (Wildman–Crippen MR) is 101 cm³/mol. The quantitative estimate of drug-likeness (QED) is 0.590. The van der Waals surface area contributed by atoms with Gasteiger partial charge in [0.1, 0.15) is 12.1 Å². The Bertz CT molecular complexity index is 888. The molecule has 11 heteroatoms. The summed E-state index contributed by atoms with van der Waals surface area (Å²) in [4.78, 5) is 16.1. The molecule has 3 atom stereocenters. The average Bonchev–Trinajstić information content (AvgIpc) is 3.32. The highest BCUT2D eigenvalue weighted by molar-refractivity contribution is 5.68. The van der Waals surface area contributed by atoms with Crippen molar-refractivity contribution in [2.24, 2.45) is 0 Å². The molecule has 0 spiro atoms. The number of carbonyl (C=O) groups excluding carboxylic acids is 1. The van der Waals surface area contributed by atoms with Crippen molar-refractivity contribution in [3.63, 3.8) is 0 Å². The normalized spacial score (nSPS) is 25.2. The predicted octanol–water partition coefficient (Wildman–Crippen LogP) is 4.01. The Morgan fingerprint density at radius 3 is 2.87 bits per heavy atom. The third kappa shape index (κ3) is 4.95. The molecule has 1 saturated carbocycles. The molecule has 1 aliphatic carbocycles. The van der Waals surface area contributed by atoms with Crippen molar-refractivity contribution >= 4 is 17.6 Å². The zero-order chi connectivity index (χ0) is 21.1. The summed E-state index contributed by atoms with van der Waals surface area (Å²) in [5, 5.41) is 12.4. The lowest BCUT2D eigenvalue weighted by atomic mass is 10.0. The number of hydrogen-bond acceptors (Lipinski definition) is 6. The maximum atomic E-state index is 13.3. The molecule has 3 heterocycles. The first-order valence-electron chi connectivity index (χ1n) is 9.82. The van der Waals surface area contributed by atoms with Gasteiger partial charge in [0.05, 0.1) is 6.61 Å². The first kappa shape index (κ1) is 20.3. The summed E-state index contributed by atoms with van der Waals surface area (Å²) >= 11 is 0. The van der Waals surface area contributed by atoms with Gasteiger partial charge in [-0.1, -0.05) is 0 Å². The number of pyridine rings is 1. The largest absolute Gasteiger partial charge is 0.478 e. The van der Waals surface area contributed by atoms with Gasteiger partial charge in [0.2, 0.25) is 5.88 Å². The molecule has 2 aliphatic rings. The Hall–Kier alpha value is -2.98. The van der Waals surface area contributed by atoms with Crippen LogP contribution in [0.15, 0.2) is 24.4 Å². The zero-order valence-corrected chi connectivity index (χ0v) is 16.0. The topological polar surface area (TPSA) is 101 Å². The number of hydrogen-bond donors (Lipinski definition) is 3. The number of amides is 1. The third-order valence-electron chi connectivity index (χ3n) is 5.28. The van der Waals surface area contributed by atoms with Crippen LogP contribution in [0.25, 0.3) is 0 Å². The monoisotopic (exact) mass is 425 g/mol. The number of alkyl carbamates (subject to hydrolysis) is 1. The smallest absolute Gasteiger partial charge is 0.408 e. The van der Waals surface area contributed by atoms with Gasteiger partial charge in [-0.05, 0) is 38.2 Å². The zero-order valence-electron chi connectivity index (χ0n) is 16.0. The summed E-state index contributed by atoms with van der Waals surface area (Å²) < 4.78 is 50.6. The van der Waals surface area contributed by atoms with Crippen LogP contribution in [0.1, 0.15) is 43.7 Å². The van der Waals surface area contributed by atoms with Crippen LogP contribution >= 0.6 is 0 Å². The van der Waals surface area contributed by atoms with E-state index in [-0.39, 0.29) is 31.2 Å². The second-order valence-electron chi connectivity index (χ2n) is 7.48. The molecule has 1 aliphatic heterocycles. The Labute approximate surface area is 170 Å². The fraction of sp³-hybridized carbons (Fsp3) is 0.526. The summed E-state index contributed by atoms with van der Waals surface area (Å²) in [5.74, 6) is 0.990. The van der Waals surface area contributed by atoms with Gasteiger partial charge in [0, 0.05) is 35.6 Å². The minimum Gasteiger partial charge on any atom is -0.478 e. The Balaban J connectivity index is 1.54. The number of aromatic nitrogens is 3. The molecule has 3 N–H and O–H groups in total. The number of carbonyl (C=O) groups is 1. The summed E-state index contributed by atoms with van der Waals surface area (Å²) in [6.45, 7) is 0.0244. The molecule has 1 unspecified atom stereocenters. The molecule has 1 amide bonds. The molecular formula is C19H22F3N5O3. The van der Waals surface area contributed by atoms with E-state index in [1.807, 2.05) is 11.4 Å². The molecular weight excluding hydrogens is 403 g/mol. The van der Waals surface area contributed by atoms with E-state index in [9.17, 15) is 18.0 Å². The molecule has 1 fully saturated rings. The first-order valence-corrected chi connectivity index (χ1v) is 9.82. The Kier molecular flexibility index (Phi) is 5.69. The molecule has 0 aromatic carbocycles. The van der Waals surface area contributed by atoms with Gasteiger partial charge in [-0.3, -0.25) is 5.10 Å². The van der Waals surface area contributed by atoms with E-state index < -0.39 is 24.4 Å². The van der Waals surface area contributed by atoms with Crippen molar-refractivity contribution in [3.05, 3.63) is 30.1 Å². The van der Waals surface area contributed by atoms with Crippen molar-refractivity contribution in [2.45, 2.75) is 56.3 Å². The van der Waals surface area contributed by atoms with E-state index in [1.54, 1.807) is 18.3 Å². The minimum absolute atomic E-state index is 0.0244. The number of alkyl halides is 3. The van der Waals surface area contributed by atoms with E-state index in [4.69, 9.17) is 9.47 Å². The standard InChI is InChI=1S/C19H22F3N5O3/c20-19(21,22)15-2-1-7-29-17-9-12(5-6-23-17)24-16-10-14(26-27-16)11-3-4-13(8-11)30-18(28)25-15/h5-6,9-11,13,15H,1-4,7-8H2,(H,25,28)(H2,24,26,27)/t11?,13-,15+/m1/s1. The van der Waals surface area contributed by atoms with Gasteiger partial charge in [-0.2, -0.15) is 18.3 Å².